The highest BCUT2D eigenvalue weighted by atomic mass is 16.5. The Hall–Kier alpha value is -3.86. The number of hydrogen-bond donors (Lipinski definition) is 1. The summed E-state index contributed by atoms with van der Waals surface area (Å²) in [6, 6.07) is 25.1. The molecule has 1 amide bonds. The molecule has 3 aromatic rings. The number of Topliss-reactive ketones (excluding diaryl/α,β-unsaturated/α-hetero) is 1. The fourth-order valence-corrected chi connectivity index (χ4v) is 4.00. The lowest BCUT2D eigenvalue weighted by Gasteiger charge is -2.25. The molecule has 0 radical (unpaired) electrons. The molecule has 4 rings (SSSR count). The average Bonchev–Trinajstić information content (AvgIpc) is 3.10. The van der Waals surface area contributed by atoms with Crippen molar-refractivity contribution in [2.75, 3.05) is 6.61 Å². The molecule has 5 heteroatoms. The summed E-state index contributed by atoms with van der Waals surface area (Å²) in [7, 11) is 0. The van der Waals surface area contributed by atoms with E-state index in [1.165, 1.54) is 4.90 Å². The number of likely N-dealkylation sites (tertiary alicyclic amines) is 1. The number of unbranched alkanes of at least 4 members (excludes halogenated alkanes) is 1. The van der Waals surface area contributed by atoms with E-state index in [0.29, 0.717) is 12.2 Å². The number of carbonyl (C=O) groups excluding carboxylic acids is 2. The van der Waals surface area contributed by atoms with Gasteiger partial charge in [-0.15, -0.1) is 0 Å². The van der Waals surface area contributed by atoms with Crippen molar-refractivity contribution in [1.82, 2.24) is 4.90 Å². The van der Waals surface area contributed by atoms with E-state index in [-0.39, 0.29) is 17.9 Å². The molecule has 0 spiro atoms. The third-order valence-corrected chi connectivity index (χ3v) is 5.75. The molecule has 1 N–H and O–H groups in total. The molecule has 1 saturated heterocycles. The number of ether oxygens (including phenoxy) is 1. The Morgan fingerprint density at radius 2 is 1.55 bits per heavy atom. The van der Waals surface area contributed by atoms with Crippen LogP contribution in [0.3, 0.4) is 0 Å². The fourth-order valence-electron chi connectivity index (χ4n) is 4.00. The van der Waals surface area contributed by atoms with Crippen molar-refractivity contribution >= 4 is 17.4 Å². The molecule has 0 aliphatic carbocycles. The van der Waals surface area contributed by atoms with Crippen molar-refractivity contribution in [3.05, 3.63) is 107 Å². The van der Waals surface area contributed by atoms with Crippen molar-refractivity contribution < 1.29 is 19.4 Å². The van der Waals surface area contributed by atoms with Gasteiger partial charge in [-0.25, -0.2) is 0 Å². The second-order valence-electron chi connectivity index (χ2n) is 8.05. The van der Waals surface area contributed by atoms with Crippen molar-refractivity contribution in [3.8, 4) is 5.75 Å². The van der Waals surface area contributed by atoms with Crippen LogP contribution < -0.4 is 4.74 Å². The van der Waals surface area contributed by atoms with Crippen LogP contribution in [0.25, 0.3) is 5.76 Å². The first-order valence-corrected chi connectivity index (χ1v) is 11.2. The molecule has 0 saturated carbocycles. The van der Waals surface area contributed by atoms with Crippen LogP contribution >= 0.6 is 0 Å². The standard InChI is InChI=1S/C28H27NO4/c1-2-3-18-33-23-16-14-21(15-17-23)25-24(26(30)22-12-8-5-9-13-22)27(31)28(32)29(25)19-20-10-6-4-7-11-20/h4-17,25,30H,2-3,18-19H2,1H3/b26-24+. The van der Waals surface area contributed by atoms with E-state index >= 15 is 0 Å². The van der Waals surface area contributed by atoms with Crippen LogP contribution in [0.4, 0.5) is 0 Å². The van der Waals surface area contributed by atoms with Gasteiger partial charge in [-0.3, -0.25) is 9.59 Å². The zero-order valence-corrected chi connectivity index (χ0v) is 18.6. The minimum absolute atomic E-state index is 0.0989. The number of ketones is 1. The Kier molecular flexibility index (Phi) is 6.89. The molecule has 1 heterocycles. The second-order valence-corrected chi connectivity index (χ2v) is 8.05. The molecule has 0 bridgehead atoms. The van der Waals surface area contributed by atoms with Crippen LogP contribution in [0.1, 0.15) is 42.5 Å². The van der Waals surface area contributed by atoms with Gasteiger partial charge in [-0.2, -0.15) is 0 Å². The molecule has 5 nitrogen and oxygen atoms in total. The topological polar surface area (TPSA) is 66.8 Å². The molecule has 1 atom stereocenters. The van der Waals surface area contributed by atoms with Crippen LogP contribution in [-0.4, -0.2) is 28.3 Å². The third kappa shape index (κ3) is 4.82. The van der Waals surface area contributed by atoms with Crippen LogP contribution in [0, 0.1) is 0 Å². The summed E-state index contributed by atoms with van der Waals surface area (Å²) < 4.78 is 5.76. The van der Waals surface area contributed by atoms with E-state index in [2.05, 4.69) is 6.92 Å². The molecule has 3 aromatic carbocycles. The lowest BCUT2D eigenvalue weighted by molar-refractivity contribution is -0.140. The van der Waals surface area contributed by atoms with Gasteiger partial charge < -0.3 is 14.7 Å². The van der Waals surface area contributed by atoms with E-state index in [1.54, 1.807) is 24.3 Å². The molecule has 0 aromatic heterocycles. The number of rotatable bonds is 8. The van der Waals surface area contributed by atoms with Gasteiger partial charge in [0.2, 0.25) is 0 Å². The highest BCUT2D eigenvalue weighted by Gasteiger charge is 2.46. The van der Waals surface area contributed by atoms with Gasteiger partial charge in [0.1, 0.15) is 11.5 Å². The first-order chi connectivity index (χ1) is 16.1. The Morgan fingerprint density at radius 3 is 2.18 bits per heavy atom. The minimum Gasteiger partial charge on any atom is -0.507 e. The number of amides is 1. The maximum absolute atomic E-state index is 13.1. The smallest absolute Gasteiger partial charge is 0.295 e. The number of carbonyl (C=O) groups is 2. The van der Waals surface area contributed by atoms with Crippen molar-refractivity contribution in [2.45, 2.75) is 32.4 Å². The predicted octanol–water partition coefficient (Wildman–Crippen LogP) is 5.49. The maximum Gasteiger partial charge on any atom is 0.295 e. The van der Waals surface area contributed by atoms with E-state index in [9.17, 15) is 14.7 Å². The van der Waals surface area contributed by atoms with Gasteiger partial charge in [0, 0.05) is 12.1 Å². The first kappa shape index (κ1) is 22.3. The van der Waals surface area contributed by atoms with Gasteiger partial charge in [-0.1, -0.05) is 86.1 Å². The quantitative estimate of drug-likeness (QED) is 0.217. The number of benzene rings is 3. The van der Waals surface area contributed by atoms with Crippen LogP contribution in [0.5, 0.6) is 5.75 Å². The molecule has 168 valence electrons. The number of hydrogen-bond acceptors (Lipinski definition) is 4. The molecular formula is C28H27NO4. The monoisotopic (exact) mass is 441 g/mol. The lowest BCUT2D eigenvalue weighted by atomic mass is 9.95. The largest absolute Gasteiger partial charge is 0.507 e. The van der Waals surface area contributed by atoms with E-state index in [0.717, 1.165) is 29.7 Å². The summed E-state index contributed by atoms with van der Waals surface area (Å²) in [6.07, 6.45) is 2.02. The molecule has 1 aliphatic rings. The molecule has 1 aliphatic heterocycles. The molecule has 1 unspecified atom stereocenters. The van der Waals surface area contributed by atoms with Crippen molar-refractivity contribution in [3.63, 3.8) is 0 Å². The summed E-state index contributed by atoms with van der Waals surface area (Å²) in [5.41, 5.74) is 2.25. The van der Waals surface area contributed by atoms with E-state index in [1.807, 2.05) is 60.7 Å². The predicted molar refractivity (Wildman–Crippen MR) is 128 cm³/mol. The molecule has 1 fully saturated rings. The molecule has 33 heavy (non-hydrogen) atoms. The molecular weight excluding hydrogens is 414 g/mol. The van der Waals surface area contributed by atoms with Gasteiger partial charge in [0.15, 0.2) is 0 Å². The van der Waals surface area contributed by atoms with Gasteiger partial charge in [0.05, 0.1) is 18.2 Å². The fraction of sp³-hybridized carbons (Fsp3) is 0.214. The maximum atomic E-state index is 13.1. The SMILES string of the molecule is CCCCOc1ccc(C2/C(=C(\O)c3ccccc3)C(=O)C(=O)N2Cc2ccccc2)cc1. The second kappa shape index (κ2) is 10.2. The van der Waals surface area contributed by atoms with Crippen molar-refractivity contribution in [1.29, 1.82) is 0 Å². The lowest BCUT2D eigenvalue weighted by Crippen LogP contribution is -2.29. The number of aliphatic hydroxyl groups excluding tert-OH is 1. The van der Waals surface area contributed by atoms with E-state index < -0.39 is 17.7 Å². The third-order valence-electron chi connectivity index (χ3n) is 5.75. The van der Waals surface area contributed by atoms with E-state index in [4.69, 9.17) is 4.74 Å². The minimum atomic E-state index is -0.699. The highest BCUT2D eigenvalue weighted by molar-refractivity contribution is 6.46. The normalized spacial score (nSPS) is 17.4. The summed E-state index contributed by atoms with van der Waals surface area (Å²) in [4.78, 5) is 27.7. The van der Waals surface area contributed by atoms with Crippen LogP contribution in [0.2, 0.25) is 0 Å². The highest BCUT2D eigenvalue weighted by Crippen LogP contribution is 2.40. The van der Waals surface area contributed by atoms with Gasteiger partial charge in [-0.05, 0) is 29.7 Å². The van der Waals surface area contributed by atoms with Crippen LogP contribution in [-0.2, 0) is 16.1 Å². The number of nitrogens with zero attached hydrogens (tertiary/aromatic N) is 1. The summed E-state index contributed by atoms with van der Waals surface area (Å²) in [5, 5.41) is 11.1. The zero-order chi connectivity index (χ0) is 23.2. The van der Waals surface area contributed by atoms with Crippen LogP contribution in [0.15, 0.2) is 90.5 Å². The Bertz CT molecular complexity index is 1140. The zero-order valence-electron chi connectivity index (χ0n) is 18.6. The van der Waals surface area contributed by atoms with Gasteiger partial charge in [0.25, 0.3) is 11.7 Å². The Balaban J connectivity index is 1.75. The van der Waals surface area contributed by atoms with Gasteiger partial charge >= 0.3 is 0 Å². The first-order valence-electron chi connectivity index (χ1n) is 11.2. The summed E-state index contributed by atoms with van der Waals surface area (Å²) >= 11 is 0. The number of aliphatic hydroxyl groups is 1. The average molecular weight is 442 g/mol. The summed E-state index contributed by atoms with van der Waals surface area (Å²) in [6.45, 7) is 3.00. The van der Waals surface area contributed by atoms with Crippen molar-refractivity contribution in [2.24, 2.45) is 0 Å². The summed E-state index contributed by atoms with van der Waals surface area (Å²) in [5.74, 6) is -0.738. The Labute approximate surface area is 193 Å². The Morgan fingerprint density at radius 1 is 0.909 bits per heavy atom.